The summed E-state index contributed by atoms with van der Waals surface area (Å²) < 4.78 is 11.1. The van der Waals surface area contributed by atoms with Crippen LogP contribution < -0.4 is 14.8 Å². The van der Waals surface area contributed by atoms with Crippen molar-refractivity contribution in [3.63, 3.8) is 0 Å². The highest BCUT2D eigenvalue weighted by Crippen LogP contribution is 2.51. The Kier molecular flexibility index (Phi) is 3.32. The fraction of sp³-hybridized carbons (Fsp3) is 0.562. The monoisotopic (exact) mass is 275 g/mol. The van der Waals surface area contributed by atoms with Gasteiger partial charge in [-0.15, -0.1) is 0 Å². The molecule has 1 aliphatic carbocycles. The SMILES string of the molecule is CC(C)C1(CNC(=O)c2cccc3c2OCCO3)CC1. The molecule has 1 aliphatic heterocycles. The first-order valence-electron chi connectivity index (χ1n) is 7.29. The number of carbonyl (C=O) groups excluding carboxylic acids is 1. The highest BCUT2D eigenvalue weighted by Gasteiger charge is 2.45. The van der Waals surface area contributed by atoms with Crippen molar-refractivity contribution in [3.8, 4) is 11.5 Å². The van der Waals surface area contributed by atoms with Gasteiger partial charge in [0.05, 0.1) is 5.56 Å². The fourth-order valence-electron chi connectivity index (χ4n) is 2.72. The lowest BCUT2D eigenvalue weighted by Gasteiger charge is -2.22. The van der Waals surface area contributed by atoms with Crippen molar-refractivity contribution in [1.29, 1.82) is 0 Å². The number of nitrogens with one attached hydrogen (secondary N) is 1. The number of hydrogen-bond acceptors (Lipinski definition) is 3. The van der Waals surface area contributed by atoms with Crippen LogP contribution in [0.3, 0.4) is 0 Å². The van der Waals surface area contributed by atoms with E-state index >= 15 is 0 Å². The van der Waals surface area contributed by atoms with Crippen LogP contribution in [0.5, 0.6) is 11.5 Å². The molecule has 1 heterocycles. The summed E-state index contributed by atoms with van der Waals surface area (Å²) in [5.41, 5.74) is 0.878. The Balaban J connectivity index is 1.72. The number of hydrogen-bond donors (Lipinski definition) is 1. The number of rotatable bonds is 4. The molecule has 1 aromatic carbocycles. The molecule has 0 saturated heterocycles. The van der Waals surface area contributed by atoms with Crippen LogP contribution >= 0.6 is 0 Å². The molecule has 4 heteroatoms. The van der Waals surface area contributed by atoms with Crippen LogP contribution in [0, 0.1) is 11.3 Å². The second-order valence-corrected chi connectivity index (χ2v) is 6.03. The van der Waals surface area contributed by atoms with Crippen LogP contribution in [0.15, 0.2) is 18.2 Å². The van der Waals surface area contributed by atoms with Gasteiger partial charge in [-0.25, -0.2) is 0 Å². The summed E-state index contributed by atoms with van der Waals surface area (Å²) in [4.78, 5) is 12.4. The number of fused-ring (bicyclic) bond motifs is 1. The molecular formula is C16H21NO3. The molecule has 0 atom stereocenters. The maximum atomic E-state index is 12.4. The molecule has 1 saturated carbocycles. The van der Waals surface area contributed by atoms with Crippen molar-refractivity contribution in [3.05, 3.63) is 23.8 Å². The van der Waals surface area contributed by atoms with Gasteiger partial charge in [-0.3, -0.25) is 4.79 Å². The molecule has 0 spiro atoms. The Bertz CT molecular complexity index is 520. The third-order valence-electron chi connectivity index (χ3n) is 4.53. The zero-order chi connectivity index (χ0) is 14.2. The van der Waals surface area contributed by atoms with E-state index in [1.54, 1.807) is 6.07 Å². The summed E-state index contributed by atoms with van der Waals surface area (Å²) in [6, 6.07) is 5.46. The molecule has 1 amide bonds. The maximum absolute atomic E-state index is 12.4. The second kappa shape index (κ2) is 5.00. The average Bonchev–Trinajstić information content (AvgIpc) is 3.25. The minimum atomic E-state index is -0.0701. The first-order valence-corrected chi connectivity index (χ1v) is 7.29. The van der Waals surface area contributed by atoms with Crippen molar-refractivity contribution >= 4 is 5.91 Å². The first kappa shape index (κ1) is 13.3. The zero-order valence-corrected chi connectivity index (χ0v) is 12.1. The van der Waals surface area contributed by atoms with Crippen LogP contribution in [0.25, 0.3) is 0 Å². The molecule has 108 valence electrons. The van der Waals surface area contributed by atoms with E-state index in [2.05, 4.69) is 19.2 Å². The molecule has 20 heavy (non-hydrogen) atoms. The maximum Gasteiger partial charge on any atom is 0.255 e. The van der Waals surface area contributed by atoms with E-state index < -0.39 is 0 Å². The molecule has 1 N–H and O–H groups in total. The van der Waals surface area contributed by atoms with E-state index in [0.29, 0.717) is 41.6 Å². The van der Waals surface area contributed by atoms with Crippen molar-refractivity contribution in [2.45, 2.75) is 26.7 Å². The Morgan fingerprint density at radius 2 is 2.05 bits per heavy atom. The number of para-hydroxylation sites is 1. The van der Waals surface area contributed by atoms with Gasteiger partial charge in [-0.1, -0.05) is 19.9 Å². The highest BCUT2D eigenvalue weighted by atomic mass is 16.6. The standard InChI is InChI=1S/C16H21NO3/c1-11(2)16(6-7-16)10-17-15(18)12-4-3-5-13-14(12)20-9-8-19-13/h3-5,11H,6-10H2,1-2H3,(H,17,18). The van der Waals surface area contributed by atoms with Gasteiger partial charge in [0.25, 0.3) is 5.91 Å². The van der Waals surface area contributed by atoms with Gasteiger partial charge < -0.3 is 14.8 Å². The molecule has 0 radical (unpaired) electrons. The van der Waals surface area contributed by atoms with Gasteiger partial charge in [-0.2, -0.15) is 0 Å². The smallest absolute Gasteiger partial charge is 0.255 e. The van der Waals surface area contributed by atoms with Crippen LogP contribution in [0.2, 0.25) is 0 Å². The number of amides is 1. The van der Waals surface area contributed by atoms with E-state index in [1.165, 1.54) is 12.8 Å². The topological polar surface area (TPSA) is 47.6 Å². The van der Waals surface area contributed by atoms with Gasteiger partial charge in [-0.05, 0) is 36.3 Å². The van der Waals surface area contributed by atoms with Gasteiger partial charge in [0.1, 0.15) is 13.2 Å². The highest BCUT2D eigenvalue weighted by molar-refractivity contribution is 5.97. The second-order valence-electron chi connectivity index (χ2n) is 6.03. The summed E-state index contributed by atoms with van der Waals surface area (Å²) in [7, 11) is 0. The van der Waals surface area contributed by atoms with Gasteiger partial charge in [0.2, 0.25) is 0 Å². The Hall–Kier alpha value is -1.71. The normalized spacial score (nSPS) is 18.8. The summed E-state index contributed by atoms with van der Waals surface area (Å²) in [5.74, 6) is 1.77. The lowest BCUT2D eigenvalue weighted by molar-refractivity contribution is 0.0928. The average molecular weight is 275 g/mol. The number of carbonyl (C=O) groups is 1. The molecule has 0 unspecified atom stereocenters. The largest absolute Gasteiger partial charge is 0.486 e. The van der Waals surface area contributed by atoms with Crippen molar-refractivity contribution < 1.29 is 14.3 Å². The molecular weight excluding hydrogens is 254 g/mol. The summed E-state index contributed by atoms with van der Waals surface area (Å²) >= 11 is 0. The molecule has 2 aliphatic rings. The van der Waals surface area contributed by atoms with Crippen molar-refractivity contribution in [2.75, 3.05) is 19.8 Å². The van der Waals surface area contributed by atoms with Gasteiger partial charge in [0, 0.05) is 6.54 Å². The predicted molar refractivity (Wildman–Crippen MR) is 76.3 cm³/mol. The summed E-state index contributed by atoms with van der Waals surface area (Å²) in [6.07, 6.45) is 2.41. The van der Waals surface area contributed by atoms with E-state index in [1.807, 2.05) is 12.1 Å². The lowest BCUT2D eigenvalue weighted by atomic mass is 9.92. The number of benzene rings is 1. The molecule has 3 rings (SSSR count). The van der Waals surface area contributed by atoms with Crippen LogP contribution in [0.1, 0.15) is 37.0 Å². The van der Waals surface area contributed by atoms with E-state index in [0.717, 1.165) is 6.54 Å². The molecule has 0 bridgehead atoms. The van der Waals surface area contributed by atoms with Crippen LogP contribution in [-0.4, -0.2) is 25.7 Å². The minimum Gasteiger partial charge on any atom is -0.486 e. The Morgan fingerprint density at radius 1 is 1.30 bits per heavy atom. The first-order chi connectivity index (χ1) is 9.62. The van der Waals surface area contributed by atoms with Gasteiger partial charge in [0.15, 0.2) is 11.5 Å². The van der Waals surface area contributed by atoms with Crippen molar-refractivity contribution in [1.82, 2.24) is 5.32 Å². The molecule has 1 aromatic rings. The quantitative estimate of drug-likeness (QED) is 0.919. The van der Waals surface area contributed by atoms with Crippen molar-refractivity contribution in [2.24, 2.45) is 11.3 Å². The molecule has 1 fully saturated rings. The summed E-state index contributed by atoms with van der Waals surface area (Å²) in [6.45, 7) is 6.22. The third kappa shape index (κ3) is 2.35. The fourth-order valence-corrected chi connectivity index (χ4v) is 2.72. The van der Waals surface area contributed by atoms with E-state index in [4.69, 9.17) is 9.47 Å². The summed E-state index contributed by atoms with van der Waals surface area (Å²) in [5, 5.41) is 3.06. The van der Waals surface area contributed by atoms with Gasteiger partial charge >= 0.3 is 0 Å². The van der Waals surface area contributed by atoms with Crippen LogP contribution in [-0.2, 0) is 0 Å². The molecule has 4 nitrogen and oxygen atoms in total. The minimum absolute atomic E-state index is 0.0701. The number of ether oxygens (including phenoxy) is 2. The predicted octanol–water partition coefficient (Wildman–Crippen LogP) is 2.62. The molecule has 0 aromatic heterocycles. The van der Waals surface area contributed by atoms with Crippen LogP contribution in [0.4, 0.5) is 0 Å². The van der Waals surface area contributed by atoms with E-state index in [-0.39, 0.29) is 5.91 Å². The Morgan fingerprint density at radius 3 is 2.75 bits per heavy atom. The Labute approximate surface area is 119 Å². The van der Waals surface area contributed by atoms with E-state index in [9.17, 15) is 4.79 Å². The lowest BCUT2D eigenvalue weighted by Crippen LogP contribution is -2.33. The third-order valence-corrected chi connectivity index (χ3v) is 4.53. The zero-order valence-electron chi connectivity index (χ0n) is 12.1.